The number of Topliss-reactive ketones (excluding diaryl/α,β-unsaturated/α-hetero) is 1. The van der Waals surface area contributed by atoms with Gasteiger partial charge in [-0.25, -0.2) is 4.98 Å². The van der Waals surface area contributed by atoms with Crippen LogP contribution >= 0.6 is 0 Å². The summed E-state index contributed by atoms with van der Waals surface area (Å²) in [6.07, 6.45) is 51.6. The van der Waals surface area contributed by atoms with Crippen LogP contribution in [0.2, 0.25) is 13.1 Å². The van der Waals surface area contributed by atoms with E-state index in [9.17, 15) is 19.8 Å². The van der Waals surface area contributed by atoms with Crippen LogP contribution < -0.4 is 5.32 Å². The SMILES string of the molecule is CCCCC/C=C\C/C=C\CCCCCCCCOC(CCCCCCC/C=C\C/C=C\CCCCC)O[Si](C)(C)OCCCCCCN(C)Cc1cn(C2O[C@H](CO)[C@@H](O)C(=O)[C@H]2NC(C)=O)cn1. The predicted octanol–water partition coefficient (Wildman–Crippen LogP) is 12.9. The van der Waals surface area contributed by atoms with Gasteiger partial charge in [0.15, 0.2) is 12.0 Å². The van der Waals surface area contributed by atoms with Crippen molar-refractivity contribution in [1.82, 2.24) is 19.8 Å². The number of aliphatic hydroxyl groups excluding tert-OH is 2. The minimum Gasteiger partial charge on any atom is -0.394 e. The molecule has 12 nitrogen and oxygen atoms in total. The topological polar surface area (TPSA) is 145 Å². The molecule has 402 valence electrons. The fraction of sp³-hybridized carbons (Fsp3) is 0.772. The number of nitrogens with one attached hydrogen (secondary N) is 1. The number of imidazole rings is 1. The number of amides is 1. The van der Waals surface area contributed by atoms with Crippen LogP contribution in [0.15, 0.2) is 61.1 Å². The molecule has 70 heavy (non-hydrogen) atoms. The molecule has 1 aromatic heterocycles. The first-order chi connectivity index (χ1) is 34.0. The average molecular weight is 1000 g/mol. The van der Waals surface area contributed by atoms with Crippen LogP contribution in [0.25, 0.3) is 0 Å². The zero-order chi connectivity index (χ0) is 50.9. The van der Waals surface area contributed by atoms with Gasteiger partial charge in [0, 0.05) is 32.9 Å². The number of aliphatic hydroxyl groups is 2. The minimum atomic E-state index is -2.39. The second kappa shape index (κ2) is 41.7. The number of hydrogen-bond acceptors (Lipinski definition) is 10. The third-order valence-electron chi connectivity index (χ3n) is 12.8. The molecule has 2 heterocycles. The number of hydrogen-bond donors (Lipinski definition) is 3. The van der Waals surface area contributed by atoms with Crippen molar-refractivity contribution < 1.29 is 38.1 Å². The molecule has 1 aliphatic rings. The highest BCUT2D eigenvalue weighted by atomic mass is 28.4. The van der Waals surface area contributed by atoms with E-state index in [1.807, 2.05) is 0 Å². The lowest BCUT2D eigenvalue weighted by Gasteiger charge is -2.38. The van der Waals surface area contributed by atoms with Crippen molar-refractivity contribution in [1.29, 1.82) is 0 Å². The van der Waals surface area contributed by atoms with E-state index in [0.29, 0.717) is 13.2 Å². The van der Waals surface area contributed by atoms with Crippen LogP contribution in [0, 0.1) is 0 Å². The van der Waals surface area contributed by atoms with Crippen LogP contribution in [0.5, 0.6) is 0 Å². The van der Waals surface area contributed by atoms with Gasteiger partial charge in [0.2, 0.25) is 5.91 Å². The molecule has 1 aromatic rings. The fourth-order valence-corrected chi connectivity index (χ4v) is 10.2. The summed E-state index contributed by atoms with van der Waals surface area (Å²) < 4.78 is 27.0. The number of ether oxygens (including phenoxy) is 2. The first kappa shape index (κ1) is 63.4. The van der Waals surface area contributed by atoms with Crippen molar-refractivity contribution in [3.8, 4) is 0 Å². The molecule has 1 saturated heterocycles. The number of ketones is 1. The van der Waals surface area contributed by atoms with E-state index in [0.717, 1.165) is 76.6 Å². The number of nitrogens with zero attached hydrogens (tertiary/aromatic N) is 3. The quantitative estimate of drug-likeness (QED) is 0.0250. The van der Waals surface area contributed by atoms with Gasteiger partial charge in [0.05, 0.1) is 18.6 Å². The second-order valence-electron chi connectivity index (χ2n) is 20.0. The van der Waals surface area contributed by atoms with Crippen LogP contribution in [-0.4, -0.2) is 103 Å². The lowest BCUT2D eigenvalue weighted by molar-refractivity contribution is -0.184. The molecule has 3 N–H and O–H groups in total. The largest absolute Gasteiger partial charge is 0.394 e. The van der Waals surface area contributed by atoms with Crippen molar-refractivity contribution in [2.24, 2.45) is 0 Å². The summed E-state index contributed by atoms with van der Waals surface area (Å²) in [6, 6.07) is -1.09. The highest BCUT2D eigenvalue weighted by Crippen LogP contribution is 2.27. The Morgan fingerprint density at radius 3 is 1.84 bits per heavy atom. The van der Waals surface area contributed by atoms with Gasteiger partial charge in [-0.15, -0.1) is 0 Å². The fourth-order valence-electron chi connectivity index (χ4n) is 8.65. The van der Waals surface area contributed by atoms with Gasteiger partial charge in [0.1, 0.15) is 24.5 Å². The summed E-state index contributed by atoms with van der Waals surface area (Å²) in [6.45, 7) is 12.5. The normalized spacial score (nSPS) is 18.5. The lowest BCUT2D eigenvalue weighted by Crippen LogP contribution is -2.59. The molecular formula is C57H102N4O8Si. The lowest BCUT2D eigenvalue weighted by atomic mass is 9.97. The Morgan fingerprint density at radius 2 is 1.29 bits per heavy atom. The standard InChI is InChI=1S/C57H102N4O8Si/c1-7-9-11-13-15-17-19-21-23-25-27-29-31-33-36-40-44-66-53(42-38-34-32-30-28-26-24-22-20-18-16-14-12-10-8-2)69-70(5,6)67-45-41-37-35-39-43-60(4)46-51-47-61(49-58-51)57-54(59-50(3)63)56(65)55(64)52(48-62)68-57/h15-18,21-24,47,49,52-55,57,62,64H,7-14,19-20,25-46,48H2,1-6H3,(H,59,63)/b17-15-,18-16-,23-21-,24-22-/t52-,53?,54-,55-,57?/m1/s1. The molecular weight excluding hydrogens is 897 g/mol. The van der Waals surface area contributed by atoms with Gasteiger partial charge in [-0.05, 0) is 123 Å². The molecule has 1 amide bonds. The number of rotatable bonds is 45. The Balaban J connectivity index is 1.70. The predicted molar refractivity (Wildman–Crippen MR) is 290 cm³/mol. The van der Waals surface area contributed by atoms with Crippen LogP contribution in [0.1, 0.15) is 212 Å². The van der Waals surface area contributed by atoms with Crippen molar-refractivity contribution in [2.75, 3.05) is 33.4 Å². The summed E-state index contributed by atoms with van der Waals surface area (Å²) in [5.74, 6) is -1.02. The second-order valence-corrected chi connectivity index (χ2v) is 23.3. The maximum atomic E-state index is 12.8. The third kappa shape index (κ3) is 31.6. The monoisotopic (exact) mass is 999 g/mol. The first-order valence-corrected chi connectivity index (χ1v) is 30.8. The molecule has 0 saturated carbocycles. The molecule has 0 radical (unpaired) electrons. The highest BCUT2D eigenvalue weighted by molar-refractivity contribution is 6.64. The Kier molecular flexibility index (Phi) is 37.7. The van der Waals surface area contributed by atoms with Gasteiger partial charge >= 0.3 is 8.56 Å². The number of aromatic nitrogens is 2. The van der Waals surface area contributed by atoms with Crippen molar-refractivity contribution in [3.05, 3.63) is 66.8 Å². The van der Waals surface area contributed by atoms with Gasteiger partial charge < -0.3 is 43.3 Å². The Hall–Kier alpha value is -2.75. The summed E-state index contributed by atoms with van der Waals surface area (Å²) >= 11 is 0. The van der Waals surface area contributed by atoms with E-state index < -0.39 is 51.3 Å². The van der Waals surface area contributed by atoms with E-state index in [4.69, 9.17) is 18.3 Å². The molecule has 1 aliphatic heterocycles. The molecule has 0 aromatic carbocycles. The van der Waals surface area contributed by atoms with E-state index in [2.05, 4.69) is 97.8 Å². The zero-order valence-corrected chi connectivity index (χ0v) is 46.2. The first-order valence-electron chi connectivity index (χ1n) is 28.0. The van der Waals surface area contributed by atoms with Gasteiger partial charge in [-0.3, -0.25) is 9.59 Å². The Morgan fingerprint density at radius 1 is 0.771 bits per heavy atom. The van der Waals surface area contributed by atoms with E-state index in [1.165, 1.54) is 129 Å². The van der Waals surface area contributed by atoms with Gasteiger partial charge in [-0.2, -0.15) is 0 Å². The van der Waals surface area contributed by atoms with Crippen molar-refractivity contribution in [3.63, 3.8) is 0 Å². The Labute approximate surface area is 427 Å². The maximum Gasteiger partial charge on any atom is 0.333 e. The number of allylic oxidation sites excluding steroid dienone is 8. The summed E-state index contributed by atoms with van der Waals surface area (Å²) in [4.78, 5) is 31.4. The molecule has 2 unspecified atom stereocenters. The number of carbonyl (C=O) groups excluding carboxylic acids is 2. The van der Waals surface area contributed by atoms with Crippen LogP contribution in [0.3, 0.4) is 0 Å². The summed E-state index contributed by atoms with van der Waals surface area (Å²) in [5.41, 5.74) is 0.784. The molecule has 0 bridgehead atoms. The third-order valence-corrected chi connectivity index (χ3v) is 14.5. The van der Waals surface area contributed by atoms with Gasteiger partial charge in [-0.1, -0.05) is 146 Å². The van der Waals surface area contributed by atoms with Gasteiger partial charge in [0.25, 0.3) is 0 Å². The van der Waals surface area contributed by atoms with Crippen LogP contribution in [0.4, 0.5) is 0 Å². The van der Waals surface area contributed by atoms with Crippen molar-refractivity contribution in [2.45, 2.75) is 251 Å². The molecule has 13 heteroatoms. The van der Waals surface area contributed by atoms with Crippen LogP contribution in [-0.2, 0) is 34.5 Å². The average Bonchev–Trinajstić information content (AvgIpc) is 3.80. The summed E-state index contributed by atoms with van der Waals surface area (Å²) in [5, 5.41) is 22.5. The molecule has 1 fully saturated rings. The smallest absolute Gasteiger partial charge is 0.333 e. The highest BCUT2D eigenvalue weighted by Gasteiger charge is 2.45. The summed E-state index contributed by atoms with van der Waals surface area (Å²) in [7, 11) is -0.338. The van der Waals surface area contributed by atoms with E-state index >= 15 is 0 Å². The maximum absolute atomic E-state index is 12.8. The molecule has 0 aliphatic carbocycles. The molecule has 5 atom stereocenters. The zero-order valence-electron chi connectivity index (χ0n) is 45.2. The number of unbranched alkanes of at least 4 members (excludes halogenated alkanes) is 20. The molecule has 0 spiro atoms. The minimum absolute atomic E-state index is 0.207. The van der Waals surface area contributed by atoms with Crippen molar-refractivity contribution >= 4 is 20.3 Å². The van der Waals surface area contributed by atoms with E-state index in [1.54, 1.807) is 17.1 Å². The number of carbonyl (C=O) groups is 2. The molecule has 2 rings (SSSR count). The van der Waals surface area contributed by atoms with E-state index in [-0.39, 0.29) is 6.29 Å². The Bertz CT molecular complexity index is 1570.